The third kappa shape index (κ3) is 3.02. The first-order chi connectivity index (χ1) is 12.1. The van der Waals surface area contributed by atoms with Gasteiger partial charge in [-0.25, -0.2) is 0 Å². The van der Waals surface area contributed by atoms with Crippen molar-refractivity contribution in [2.45, 2.75) is 44.7 Å². The summed E-state index contributed by atoms with van der Waals surface area (Å²) in [4.78, 5) is 13.7. The maximum absolute atomic E-state index is 11.9. The normalized spacial score (nSPS) is 20.8. The highest BCUT2D eigenvalue weighted by molar-refractivity contribution is 5.95. The highest BCUT2D eigenvalue weighted by atomic mass is 16.3. The van der Waals surface area contributed by atoms with E-state index in [-0.39, 0.29) is 18.0 Å². The van der Waals surface area contributed by atoms with Gasteiger partial charge in [0.2, 0.25) is 5.91 Å². The smallest absolute Gasteiger partial charge is 0.227 e. The van der Waals surface area contributed by atoms with E-state index in [0.29, 0.717) is 12.2 Å². The van der Waals surface area contributed by atoms with Crippen LogP contribution in [-0.2, 0) is 11.2 Å². The topological polar surface area (TPSA) is 52.6 Å². The van der Waals surface area contributed by atoms with Gasteiger partial charge in [-0.05, 0) is 61.1 Å². The van der Waals surface area contributed by atoms with Crippen LogP contribution >= 0.6 is 0 Å². The van der Waals surface area contributed by atoms with Gasteiger partial charge >= 0.3 is 0 Å². The number of phenolic OH excluding ortho intramolecular Hbond substituents is 1. The molecule has 0 bridgehead atoms. The van der Waals surface area contributed by atoms with Crippen molar-refractivity contribution in [2.75, 3.05) is 11.4 Å². The van der Waals surface area contributed by atoms with E-state index in [2.05, 4.69) is 30.4 Å². The molecule has 2 aromatic rings. The van der Waals surface area contributed by atoms with Gasteiger partial charge in [-0.3, -0.25) is 4.79 Å². The first-order valence-corrected chi connectivity index (χ1v) is 9.10. The van der Waals surface area contributed by atoms with E-state index in [0.717, 1.165) is 37.1 Å². The average Bonchev–Trinajstić information content (AvgIpc) is 3.22. The lowest BCUT2D eigenvalue weighted by molar-refractivity contribution is -0.117. The van der Waals surface area contributed by atoms with E-state index in [1.54, 1.807) is 6.07 Å². The van der Waals surface area contributed by atoms with E-state index in [4.69, 9.17) is 0 Å². The van der Waals surface area contributed by atoms with E-state index in [1.165, 1.54) is 11.1 Å². The molecule has 0 aromatic heterocycles. The Balaban J connectivity index is 1.46. The van der Waals surface area contributed by atoms with Gasteiger partial charge in [0.15, 0.2) is 0 Å². The monoisotopic (exact) mass is 336 g/mol. The maximum Gasteiger partial charge on any atom is 0.227 e. The van der Waals surface area contributed by atoms with Crippen LogP contribution in [0.5, 0.6) is 5.75 Å². The Hall–Kier alpha value is -2.33. The number of aromatic hydroxyl groups is 1. The zero-order valence-corrected chi connectivity index (χ0v) is 14.5. The third-order valence-corrected chi connectivity index (χ3v) is 5.48. The summed E-state index contributed by atoms with van der Waals surface area (Å²) >= 11 is 0. The molecule has 4 nitrogen and oxygen atoms in total. The first-order valence-electron chi connectivity index (χ1n) is 9.10. The van der Waals surface area contributed by atoms with Crippen molar-refractivity contribution in [3.05, 3.63) is 59.2 Å². The second kappa shape index (κ2) is 6.52. The third-order valence-electron chi connectivity index (χ3n) is 5.48. The Labute approximate surface area is 148 Å². The number of nitrogens with one attached hydrogen (secondary N) is 1. The number of carbonyl (C=O) groups excluding carboxylic acids is 1. The Morgan fingerprint density at radius 2 is 1.96 bits per heavy atom. The molecule has 1 aliphatic heterocycles. The molecule has 0 spiro atoms. The molecule has 2 N–H and O–H groups in total. The van der Waals surface area contributed by atoms with Crippen molar-refractivity contribution < 1.29 is 9.90 Å². The zero-order valence-electron chi connectivity index (χ0n) is 14.5. The lowest BCUT2D eigenvalue weighted by atomic mass is 10.0. The standard InChI is InChI=1S/C21H24N2O2/c1-14(22-19-12-11-18-17(19)4-2-5-20(18)24)15-7-9-16(10-8-15)23-13-3-6-21(23)25/h2,4-5,7-10,14,19,22,24H,3,6,11-13H2,1H3/t14-,19+/m0/s1. The molecule has 25 heavy (non-hydrogen) atoms. The molecule has 1 aliphatic carbocycles. The zero-order chi connectivity index (χ0) is 17.4. The number of carbonyl (C=O) groups is 1. The summed E-state index contributed by atoms with van der Waals surface area (Å²) in [5.74, 6) is 0.635. The molecular formula is C21H24N2O2. The highest BCUT2D eigenvalue weighted by Crippen LogP contribution is 2.37. The van der Waals surface area contributed by atoms with Crippen LogP contribution < -0.4 is 10.2 Å². The van der Waals surface area contributed by atoms with Crippen LogP contribution in [-0.4, -0.2) is 17.6 Å². The number of amides is 1. The predicted octanol–water partition coefficient (Wildman–Crippen LogP) is 3.86. The quantitative estimate of drug-likeness (QED) is 0.891. The molecular weight excluding hydrogens is 312 g/mol. The van der Waals surface area contributed by atoms with Crippen LogP contribution in [0, 0.1) is 0 Å². The minimum Gasteiger partial charge on any atom is -0.508 e. The molecule has 4 rings (SSSR count). The molecule has 130 valence electrons. The lowest BCUT2D eigenvalue weighted by Crippen LogP contribution is -2.24. The van der Waals surface area contributed by atoms with Crippen molar-refractivity contribution in [3.63, 3.8) is 0 Å². The Bertz CT molecular complexity index is 785. The van der Waals surface area contributed by atoms with Gasteiger partial charge in [-0.1, -0.05) is 24.3 Å². The van der Waals surface area contributed by atoms with Gasteiger partial charge < -0.3 is 15.3 Å². The lowest BCUT2D eigenvalue weighted by Gasteiger charge is -2.22. The van der Waals surface area contributed by atoms with Crippen LogP contribution in [0.1, 0.15) is 55.0 Å². The summed E-state index contributed by atoms with van der Waals surface area (Å²) in [6.07, 6.45) is 3.54. The summed E-state index contributed by atoms with van der Waals surface area (Å²) in [6.45, 7) is 2.99. The van der Waals surface area contributed by atoms with Crippen LogP contribution in [0.15, 0.2) is 42.5 Å². The predicted molar refractivity (Wildman–Crippen MR) is 98.7 cm³/mol. The number of hydrogen-bond donors (Lipinski definition) is 2. The van der Waals surface area contributed by atoms with E-state index in [9.17, 15) is 9.90 Å². The van der Waals surface area contributed by atoms with Crippen LogP contribution in [0.2, 0.25) is 0 Å². The summed E-state index contributed by atoms with van der Waals surface area (Å²) in [5, 5.41) is 13.7. The van der Waals surface area contributed by atoms with Gasteiger partial charge in [0.1, 0.15) is 5.75 Å². The average molecular weight is 336 g/mol. The Kier molecular flexibility index (Phi) is 4.22. The summed E-state index contributed by atoms with van der Waals surface area (Å²) < 4.78 is 0. The number of benzene rings is 2. The summed E-state index contributed by atoms with van der Waals surface area (Å²) in [7, 11) is 0. The number of anilines is 1. The SMILES string of the molecule is C[C@H](N[C@@H]1CCc2c(O)cccc21)c1ccc(N2CCCC2=O)cc1. The number of hydrogen-bond acceptors (Lipinski definition) is 3. The number of nitrogens with zero attached hydrogens (tertiary/aromatic N) is 1. The molecule has 4 heteroatoms. The molecule has 1 saturated heterocycles. The van der Waals surface area contributed by atoms with E-state index >= 15 is 0 Å². The van der Waals surface area contributed by atoms with Crippen molar-refractivity contribution in [1.29, 1.82) is 0 Å². The van der Waals surface area contributed by atoms with Crippen molar-refractivity contribution in [2.24, 2.45) is 0 Å². The van der Waals surface area contributed by atoms with Crippen LogP contribution in [0.4, 0.5) is 5.69 Å². The Morgan fingerprint density at radius 1 is 1.16 bits per heavy atom. The number of rotatable bonds is 4. The molecule has 0 saturated carbocycles. The minimum absolute atomic E-state index is 0.210. The first kappa shape index (κ1) is 16.2. The molecule has 0 radical (unpaired) electrons. The molecule has 1 amide bonds. The number of fused-ring (bicyclic) bond motifs is 1. The fourth-order valence-electron chi connectivity index (χ4n) is 4.07. The molecule has 0 unspecified atom stereocenters. The fourth-order valence-corrected chi connectivity index (χ4v) is 4.07. The van der Waals surface area contributed by atoms with Gasteiger partial charge in [0.25, 0.3) is 0 Å². The minimum atomic E-state index is 0.210. The second-order valence-corrected chi connectivity index (χ2v) is 7.06. The molecule has 1 fully saturated rings. The van der Waals surface area contributed by atoms with Crippen molar-refractivity contribution in [1.82, 2.24) is 5.32 Å². The largest absolute Gasteiger partial charge is 0.508 e. The molecule has 1 heterocycles. The van der Waals surface area contributed by atoms with Gasteiger partial charge in [-0.2, -0.15) is 0 Å². The van der Waals surface area contributed by atoms with Crippen LogP contribution in [0.25, 0.3) is 0 Å². The van der Waals surface area contributed by atoms with Crippen molar-refractivity contribution >= 4 is 11.6 Å². The van der Waals surface area contributed by atoms with E-state index < -0.39 is 0 Å². The number of phenols is 1. The Morgan fingerprint density at radius 3 is 2.68 bits per heavy atom. The fraction of sp³-hybridized carbons (Fsp3) is 0.381. The molecule has 2 aliphatic rings. The van der Waals surface area contributed by atoms with E-state index in [1.807, 2.05) is 23.1 Å². The summed E-state index contributed by atoms with van der Waals surface area (Å²) in [6, 6.07) is 14.6. The maximum atomic E-state index is 11.9. The van der Waals surface area contributed by atoms with Gasteiger partial charge in [-0.15, -0.1) is 0 Å². The van der Waals surface area contributed by atoms with Gasteiger partial charge in [0.05, 0.1) is 0 Å². The summed E-state index contributed by atoms with van der Waals surface area (Å²) in [5.41, 5.74) is 4.50. The second-order valence-electron chi connectivity index (χ2n) is 7.06. The molecule has 2 atom stereocenters. The van der Waals surface area contributed by atoms with Crippen LogP contribution in [0.3, 0.4) is 0 Å². The molecule has 2 aromatic carbocycles. The van der Waals surface area contributed by atoms with Gasteiger partial charge in [0, 0.05) is 30.7 Å². The van der Waals surface area contributed by atoms with Crippen molar-refractivity contribution in [3.8, 4) is 5.75 Å². The highest BCUT2D eigenvalue weighted by Gasteiger charge is 2.26.